The van der Waals surface area contributed by atoms with E-state index in [2.05, 4.69) is 19.2 Å². The molecule has 0 aliphatic carbocycles. The van der Waals surface area contributed by atoms with Crippen molar-refractivity contribution in [3.8, 4) is 0 Å². The highest BCUT2D eigenvalue weighted by atomic mass is 19.1. The first-order chi connectivity index (χ1) is 5.35. The van der Waals surface area contributed by atoms with Crippen molar-refractivity contribution in [2.75, 3.05) is 13.2 Å². The van der Waals surface area contributed by atoms with Crippen LogP contribution in [0.4, 0.5) is 4.39 Å². The lowest BCUT2D eigenvalue weighted by molar-refractivity contribution is 0.398. The third-order valence-corrected chi connectivity index (χ3v) is 1.80. The average Bonchev–Trinajstić information content (AvgIpc) is 2.01. The molecular weight excluding hydrogens is 141 g/mol. The zero-order chi connectivity index (χ0) is 8.53. The zero-order valence-electron chi connectivity index (χ0n) is 7.70. The summed E-state index contributed by atoms with van der Waals surface area (Å²) in [6.45, 7) is 4.61. The molecule has 1 N–H and O–H groups in total. The van der Waals surface area contributed by atoms with Crippen LogP contribution in [0.1, 0.15) is 39.5 Å². The molecule has 0 atom stereocenters. The Balaban J connectivity index is 3.34. The van der Waals surface area contributed by atoms with Crippen LogP contribution in [0.25, 0.3) is 0 Å². The molecule has 0 unspecified atom stereocenters. The Kier molecular flexibility index (Phi) is 7.91. The van der Waals surface area contributed by atoms with E-state index in [4.69, 9.17) is 0 Å². The van der Waals surface area contributed by atoms with Crippen LogP contribution in [-0.4, -0.2) is 19.3 Å². The normalized spacial score (nSPS) is 10.9. The van der Waals surface area contributed by atoms with E-state index in [9.17, 15) is 4.39 Å². The molecule has 0 bridgehead atoms. The van der Waals surface area contributed by atoms with E-state index >= 15 is 0 Å². The summed E-state index contributed by atoms with van der Waals surface area (Å²) in [7, 11) is 0. The molecule has 11 heavy (non-hydrogen) atoms. The van der Waals surface area contributed by atoms with Gasteiger partial charge in [0.1, 0.15) is 6.67 Å². The van der Waals surface area contributed by atoms with Crippen LogP contribution in [0.15, 0.2) is 0 Å². The standard InChI is InChI=1S/C9H20FN/c1-3-5-9(6-4-2)11-8-7-10/h9,11H,3-8H2,1-2H3. The van der Waals surface area contributed by atoms with Crippen LogP contribution < -0.4 is 5.32 Å². The minimum Gasteiger partial charge on any atom is -0.311 e. The topological polar surface area (TPSA) is 12.0 Å². The van der Waals surface area contributed by atoms with Gasteiger partial charge in [0.2, 0.25) is 0 Å². The molecule has 0 aliphatic rings. The summed E-state index contributed by atoms with van der Waals surface area (Å²) in [4.78, 5) is 0. The summed E-state index contributed by atoms with van der Waals surface area (Å²) in [5.41, 5.74) is 0. The molecule has 0 saturated heterocycles. The summed E-state index contributed by atoms with van der Waals surface area (Å²) in [5, 5.41) is 3.20. The maximum absolute atomic E-state index is 11.8. The largest absolute Gasteiger partial charge is 0.311 e. The molecule has 0 aliphatic heterocycles. The van der Waals surface area contributed by atoms with Crippen LogP contribution in [0, 0.1) is 0 Å². The lowest BCUT2D eigenvalue weighted by Crippen LogP contribution is -2.30. The molecule has 0 fully saturated rings. The first-order valence-corrected chi connectivity index (χ1v) is 4.64. The monoisotopic (exact) mass is 161 g/mol. The predicted molar refractivity (Wildman–Crippen MR) is 47.6 cm³/mol. The van der Waals surface area contributed by atoms with E-state index < -0.39 is 0 Å². The molecule has 68 valence electrons. The van der Waals surface area contributed by atoms with Crippen molar-refractivity contribution < 1.29 is 4.39 Å². The van der Waals surface area contributed by atoms with Gasteiger partial charge in [0.25, 0.3) is 0 Å². The molecular formula is C9H20FN. The maximum atomic E-state index is 11.8. The first kappa shape index (κ1) is 10.9. The summed E-state index contributed by atoms with van der Waals surface area (Å²) in [5.74, 6) is 0. The lowest BCUT2D eigenvalue weighted by atomic mass is 10.1. The fourth-order valence-electron chi connectivity index (χ4n) is 1.30. The second-order valence-corrected chi connectivity index (χ2v) is 2.92. The molecule has 0 saturated carbocycles. The number of nitrogens with one attached hydrogen (secondary N) is 1. The Morgan fingerprint density at radius 2 is 1.73 bits per heavy atom. The van der Waals surface area contributed by atoms with Crippen molar-refractivity contribution >= 4 is 0 Å². The molecule has 0 heterocycles. The zero-order valence-corrected chi connectivity index (χ0v) is 7.70. The van der Waals surface area contributed by atoms with E-state index in [0.717, 1.165) is 0 Å². The SMILES string of the molecule is CCCC(CCC)NCCF. The second kappa shape index (κ2) is 7.99. The summed E-state index contributed by atoms with van der Waals surface area (Å²) in [6.07, 6.45) is 4.72. The van der Waals surface area contributed by atoms with Gasteiger partial charge in [-0.1, -0.05) is 26.7 Å². The van der Waals surface area contributed by atoms with Gasteiger partial charge in [-0.3, -0.25) is 0 Å². The van der Waals surface area contributed by atoms with Crippen molar-refractivity contribution in [3.63, 3.8) is 0 Å². The molecule has 0 spiro atoms. The Hall–Kier alpha value is -0.110. The lowest BCUT2D eigenvalue weighted by Gasteiger charge is -2.15. The van der Waals surface area contributed by atoms with Crippen molar-refractivity contribution in [3.05, 3.63) is 0 Å². The van der Waals surface area contributed by atoms with E-state index in [0.29, 0.717) is 12.6 Å². The predicted octanol–water partition coefficient (Wildman–Crippen LogP) is 2.51. The number of hydrogen-bond donors (Lipinski definition) is 1. The number of hydrogen-bond acceptors (Lipinski definition) is 1. The average molecular weight is 161 g/mol. The Morgan fingerprint density at radius 1 is 1.18 bits per heavy atom. The molecule has 0 rings (SSSR count). The first-order valence-electron chi connectivity index (χ1n) is 4.64. The fraction of sp³-hybridized carbons (Fsp3) is 1.00. The van der Waals surface area contributed by atoms with Crippen LogP contribution in [-0.2, 0) is 0 Å². The third kappa shape index (κ3) is 6.29. The van der Waals surface area contributed by atoms with Crippen molar-refractivity contribution in [2.24, 2.45) is 0 Å². The molecule has 2 heteroatoms. The third-order valence-electron chi connectivity index (χ3n) is 1.80. The maximum Gasteiger partial charge on any atom is 0.102 e. The van der Waals surface area contributed by atoms with Crippen LogP contribution in [0.3, 0.4) is 0 Å². The van der Waals surface area contributed by atoms with Crippen LogP contribution >= 0.6 is 0 Å². The van der Waals surface area contributed by atoms with Gasteiger partial charge in [0, 0.05) is 12.6 Å². The van der Waals surface area contributed by atoms with Crippen LogP contribution in [0.5, 0.6) is 0 Å². The molecule has 0 aromatic rings. The highest BCUT2D eigenvalue weighted by Crippen LogP contribution is 2.03. The Labute approximate surface area is 69.4 Å². The van der Waals surface area contributed by atoms with Gasteiger partial charge in [0.05, 0.1) is 0 Å². The van der Waals surface area contributed by atoms with Gasteiger partial charge in [-0.2, -0.15) is 0 Å². The second-order valence-electron chi connectivity index (χ2n) is 2.92. The van der Waals surface area contributed by atoms with E-state index in [1.165, 1.54) is 25.7 Å². The number of alkyl halides is 1. The Morgan fingerprint density at radius 3 is 2.09 bits per heavy atom. The van der Waals surface area contributed by atoms with Gasteiger partial charge in [-0.05, 0) is 12.8 Å². The quantitative estimate of drug-likeness (QED) is 0.605. The summed E-state index contributed by atoms with van der Waals surface area (Å²) in [6, 6.07) is 0.542. The van der Waals surface area contributed by atoms with Gasteiger partial charge in [0.15, 0.2) is 0 Å². The Bertz CT molecular complexity index is 70.0. The number of rotatable bonds is 7. The summed E-state index contributed by atoms with van der Waals surface area (Å²) < 4.78 is 11.8. The minimum absolute atomic E-state index is 0.246. The highest BCUT2D eigenvalue weighted by Gasteiger charge is 2.03. The smallest absolute Gasteiger partial charge is 0.102 e. The van der Waals surface area contributed by atoms with Crippen molar-refractivity contribution in [2.45, 2.75) is 45.6 Å². The number of halogens is 1. The van der Waals surface area contributed by atoms with E-state index in [1.54, 1.807) is 0 Å². The molecule has 0 amide bonds. The van der Waals surface area contributed by atoms with Gasteiger partial charge in [-0.15, -0.1) is 0 Å². The molecule has 0 radical (unpaired) electrons. The molecule has 0 aromatic heterocycles. The van der Waals surface area contributed by atoms with Gasteiger partial charge < -0.3 is 5.32 Å². The van der Waals surface area contributed by atoms with E-state index in [-0.39, 0.29) is 6.67 Å². The van der Waals surface area contributed by atoms with Crippen molar-refractivity contribution in [1.82, 2.24) is 5.32 Å². The van der Waals surface area contributed by atoms with Crippen molar-refractivity contribution in [1.29, 1.82) is 0 Å². The molecule has 1 nitrogen and oxygen atoms in total. The summed E-state index contributed by atoms with van der Waals surface area (Å²) >= 11 is 0. The van der Waals surface area contributed by atoms with E-state index in [1.807, 2.05) is 0 Å². The van der Waals surface area contributed by atoms with Gasteiger partial charge in [-0.25, -0.2) is 4.39 Å². The highest BCUT2D eigenvalue weighted by molar-refractivity contribution is 4.64. The minimum atomic E-state index is -0.246. The van der Waals surface area contributed by atoms with Crippen LogP contribution in [0.2, 0.25) is 0 Å². The fourth-order valence-corrected chi connectivity index (χ4v) is 1.30. The molecule has 0 aromatic carbocycles. The van der Waals surface area contributed by atoms with Gasteiger partial charge >= 0.3 is 0 Å².